The fraction of sp³-hybridized carbons (Fsp3) is 0.0667. The number of aromatic carboxylic acids is 1. The van der Waals surface area contributed by atoms with Crippen LogP contribution in [-0.2, 0) is 6.54 Å². The zero-order valence-corrected chi connectivity index (χ0v) is 10.3. The van der Waals surface area contributed by atoms with Crippen molar-refractivity contribution in [2.24, 2.45) is 0 Å². The summed E-state index contributed by atoms with van der Waals surface area (Å²) in [6, 6.07) is 10.6. The van der Waals surface area contributed by atoms with E-state index in [9.17, 15) is 14.0 Å². The van der Waals surface area contributed by atoms with Crippen molar-refractivity contribution in [2.45, 2.75) is 6.54 Å². The molecular formula is C15H10FNO3. The van der Waals surface area contributed by atoms with Gasteiger partial charge in [0.2, 0.25) is 0 Å². The van der Waals surface area contributed by atoms with Gasteiger partial charge in [-0.1, -0.05) is 24.3 Å². The van der Waals surface area contributed by atoms with Crippen LogP contribution >= 0.6 is 0 Å². The molecule has 5 heteroatoms. The van der Waals surface area contributed by atoms with E-state index in [0.717, 1.165) is 0 Å². The minimum Gasteiger partial charge on any atom is -0.478 e. The summed E-state index contributed by atoms with van der Waals surface area (Å²) in [5.74, 6) is -2.15. The molecule has 1 amide bonds. The maximum absolute atomic E-state index is 13.8. The topological polar surface area (TPSA) is 57.6 Å². The van der Waals surface area contributed by atoms with Crippen molar-refractivity contribution in [3.63, 3.8) is 0 Å². The highest BCUT2D eigenvalue weighted by molar-refractivity contribution is 6.15. The first kappa shape index (κ1) is 12.3. The monoisotopic (exact) mass is 271 g/mol. The molecule has 0 atom stereocenters. The quantitative estimate of drug-likeness (QED) is 0.913. The van der Waals surface area contributed by atoms with Gasteiger partial charge in [-0.25, -0.2) is 9.18 Å². The lowest BCUT2D eigenvalue weighted by atomic mass is 10.0. The van der Waals surface area contributed by atoms with Crippen LogP contribution in [0.1, 0.15) is 26.3 Å². The molecule has 0 aliphatic carbocycles. The van der Waals surface area contributed by atoms with Crippen molar-refractivity contribution in [2.75, 3.05) is 4.90 Å². The van der Waals surface area contributed by atoms with E-state index in [4.69, 9.17) is 5.11 Å². The smallest absolute Gasteiger partial charge is 0.336 e. The number of carboxylic acids is 1. The second-order valence-electron chi connectivity index (χ2n) is 4.49. The van der Waals surface area contributed by atoms with Gasteiger partial charge in [-0.15, -0.1) is 0 Å². The van der Waals surface area contributed by atoms with Crippen LogP contribution in [0.25, 0.3) is 0 Å². The lowest BCUT2D eigenvalue weighted by Crippen LogP contribution is -2.24. The van der Waals surface area contributed by atoms with Crippen molar-refractivity contribution >= 4 is 17.6 Å². The number of carbonyl (C=O) groups excluding carboxylic acids is 1. The second-order valence-corrected chi connectivity index (χ2v) is 4.49. The number of carboxylic acid groups (broad SMARTS) is 1. The predicted molar refractivity (Wildman–Crippen MR) is 70.3 cm³/mol. The molecule has 0 spiro atoms. The van der Waals surface area contributed by atoms with Gasteiger partial charge in [-0.05, 0) is 23.8 Å². The predicted octanol–water partition coefficient (Wildman–Crippen LogP) is 2.68. The van der Waals surface area contributed by atoms with Crippen LogP contribution < -0.4 is 4.90 Å². The summed E-state index contributed by atoms with van der Waals surface area (Å²) >= 11 is 0. The van der Waals surface area contributed by atoms with E-state index < -0.39 is 17.7 Å². The van der Waals surface area contributed by atoms with Gasteiger partial charge in [0.1, 0.15) is 5.82 Å². The number of carbonyl (C=O) groups is 2. The van der Waals surface area contributed by atoms with Crippen LogP contribution in [0, 0.1) is 5.82 Å². The lowest BCUT2D eigenvalue weighted by Gasteiger charge is -2.16. The Hall–Kier alpha value is -2.69. The maximum Gasteiger partial charge on any atom is 0.336 e. The first-order chi connectivity index (χ1) is 9.59. The molecule has 1 aliphatic rings. The fourth-order valence-electron chi connectivity index (χ4n) is 2.40. The molecule has 0 unspecified atom stereocenters. The summed E-state index contributed by atoms with van der Waals surface area (Å²) < 4.78 is 13.8. The summed E-state index contributed by atoms with van der Waals surface area (Å²) in [4.78, 5) is 24.8. The van der Waals surface area contributed by atoms with E-state index in [-0.39, 0.29) is 23.4 Å². The molecule has 2 aromatic rings. The average molecular weight is 271 g/mol. The summed E-state index contributed by atoms with van der Waals surface area (Å²) in [5.41, 5.74) is 0.845. The van der Waals surface area contributed by atoms with Gasteiger partial charge in [0, 0.05) is 0 Å². The van der Waals surface area contributed by atoms with Gasteiger partial charge >= 0.3 is 5.97 Å². The number of hydrogen-bond acceptors (Lipinski definition) is 2. The van der Waals surface area contributed by atoms with Crippen molar-refractivity contribution in [1.82, 2.24) is 0 Å². The summed E-state index contributed by atoms with van der Waals surface area (Å²) in [6.45, 7) is 0.177. The Balaban J connectivity index is 2.10. The van der Waals surface area contributed by atoms with Crippen molar-refractivity contribution in [3.8, 4) is 0 Å². The van der Waals surface area contributed by atoms with E-state index in [0.29, 0.717) is 5.56 Å². The number of rotatable bonds is 2. The molecule has 2 aromatic carbocycles. The highest BCUT2D eigenvalue weighted by Gasteiger charge is 2.33. The zero-order chi connectivity index (χ0) is 14.3. The Labute approximate surface area is 114 Å². The third-order valence-electron chi connectivity index (χ3n) is 3.31. The Morgan fingerprint density at radius 1 is 1.15 bits per heavy atom. The van der Waals surface area contributed by atoms with Gasteiger partial charge in [0.25, 0.3) is 5.91 Å². The normalized spacial score (nSPS) is 13.4. The van der Waals surface area contributed by atoms with Gasteiger partial charge in [-0.3, -0.25) is 4.79 Å². The number of para-hydroxylation sites is 1. The molecular weight excluding hydrogens is 261 g/mol. The van der Waals surface area contributed by atoms with Crippen LogP contribution in [0.2, 0.25) is 0 Å². The van der Waals surface area contributed by atoms with Crippen LogP contribution in [0.5, 0.6) is 0 Å². The Kier molecular flexibility index (Phi) is 2.75. The third-order valence-corrected chi connectivity index (χ3v) is 3.31. The fourth-order valence-corrected chi connectivity index (χ4v) is 2.40. The maximum atomic E-state index is 13.8. The highest BCUT2D eigenvalue weighted by atomic mass is 19.1. The Morgan fingerprint density at radius 3 is 2.60 bits per heavy atom. The molecule has 0 saturated carbocycles. The minimum absolute atomic E-state index is 0.0497. The molecule has 0 radical (unpaired) electrons. The third kappa shape index (κ3) is 1.75. The second kappa shape index (κ2) is 4.45. The van der Waals surface area contributed by atoms with Crippen LogP contribution in [0.3, 0.4) is 0 Å². The molecule has 0 aromatic heterocycles. The number of fused-ring (bicyclic) bond motifs is 1. The molecule has 1 heterocycles. The SMILES string of the molecule is O=C(O)c1cccc2c1C(=O)N(c1ccccc1F)C2. The number of amides is 1. The number of benzene rings is 2. The molecule has 0 saturated heterocycles. The van der Waals surface area contributed by atoms with Crippen molar-refractivity contribution < 1.29 is 19.1 Å². The molecule has 1 N–H and O–H groups in total. The molecule has 3 rings (SSSR count). The van der Waals surface area contributed by atoms with E-state index in [2.05, 4.69) is 0 Å². The van der Waals surface area contributed by atoms with Gasteiger partial charge in [0.15, 0.2) is 0 Å². The largest absolute Gasteiger partial charge is 0.478 e. The highest BCUT2D eigenvalue weighted by Crippen LogP contribution is 2.31. The van der Waals surface area contributed by atoms with E-state index >= 15 is 0 Å². The van der Waals surface area contributed by atoms with Crippen LogP contribution in [-0.4, -0.2) is 17.0 Å². The molecule has 0 bridgehead atoms. The van der Waals surface area contributed by atoms with Gasteiger partial charge < -0.3 is 10.0 Å². The minimum atomic E-state index is -1.16. The summed E-state index contributed by atoms with van der Waals surface area (Å²) in [6.07, 6.45) is 0. The average Bonchev–Trinajstić information content (AvgIpc) is 2.76. The summed E-state index contributed by atoms with van der Waals surface area (Å²) in [7, 11) is 0. The number of hydrogen-bond donors (Lipinski definition) is 1. The van der Waals surface area contributed by atoms with Crippen LogP contribution in [0.4, 0.5) is 10.1 Å². The van der Waals surface area contributed by atoms with E-state index in [1.54, 1.807) is 18.2 Å². The van der Waals surface area contributed by atoms with Gasteiger partial charge in [0.05, 0.1) is 23.4 Å². The number of anilines is 1. The number of nitrogens with zero attached hydrogens (tertiary/aromatic N) is 1. The standard InChI is InChI=1S/C15H10FNO3/c16-11-6-1-2-7-12(11)17-8-9-4-3-5-10(15(19)20)13(9)14(17)18/h1-7H,8H2,(H,19,20). The Morgan fingerprint density at radius 2 is 1.90 bits per heavy atom. The molecule has 100 valence electrons. The van der Waals surface area contributed by atoms with E-state index in [1.807, 2.05) is 0 Å². The lowest BCUT2D eigenvalue weighted by molar-refractivity contribution is 0.0692. The zero-order valence-electron chi connectivity index (χ0n) is 10.3. The van der Waals surface area contributed by atoms with Crippen molar-refractivity contribution in [1.29, 1.82) is 0 Å². The van der Waals surface area contributed by atoms with Crippen LogP contribution in [0.15, 0.2) is 42.5 Å². The van der Waals surface area contributed by atoms with Crippen molar-refractivity contribution in [3.05, 3.63) is 65.0 Å². The van der Waals surface area contributed by atoms with Gasteiger partial charge in [-0.2, -0.15) is 0 Å². The van der Waals surface area contributed by atoms with E-state index in [1.165, 1.54) is 29.2 Å². The molecule has 0 fully saturated rings. The summed E-state index contributed by atoms with van der Waals surface area (Å²) in [5, 5.41) is 9.13. The first-order valence-electron chi connectivity index (χ1n) is 6.01. The Bertz CT molecular complexity index is 727. The first-order valence-corrected chi connectivity index (χ1v) is 6.01. The molecule has 20 heavy (non-hydrogen) atoms. The molecule has 4 nitrogen and oxygen atoms in total. The molecule has 1 aliphatic heterocycles. The number of halogens is 1.